The van der Waals surface area contributed by atoms with E-state index < -0.39 is 0 Å². The molecule has 0 radical (unpaired) electrons. The Labute approximate surface area is 170 Å². The van der Waals surface area contributed by atoms with E-state index in [1.165, 1.54) is 6.08 Å². The van der Waals surface area contributed by atoms with Crippen LogP contribution in [0.5, 0.6) is 5.75 Å². The van der Waals surface area contributed by atoms with Crippen LogP contribution in [0.15, 0.2) is 54.9 Å². The van der Waals surface area contributed by atoms with E-state index in [1.54, 1.807) is 29.2 Å². The van der Waals surface area contributed by atoms with Crippen LogP contribution in [0, 0.1) is 0 Å². The molecule has 3 rings (SSSR count). The molecule has 1 amide bonds. The Morgan fingerprint density at radius 1 is 1.17 bits per heavy atom. The summed E-state index contributed by atoms with van der Waals surface area (Å²) in [6.45, 7) is 8.65. The largest absolute Gasteiger partial charge is 0.493 e. The average Bonchev–Trinajstić information content (AvgIpc) is 3.12. The number of anilines is 1. The van der Waals surface area contributed by atoms with Crippen molar-refractivity contribution in [2.24, 2.45) is 0 Å². The minimum atomic E-state index is -0.283. The van der Waals surface area contributed by atoms with Crippen molar-refractivity contribution in [3.8, 4) is 11.7 Å². The number of nitrogens with one attached hydrogen (secondary N) is 1. The lowest BCUT2D eigenvalue weighted by molar-refractivity contribution is -0.111. The molecular weight excluding hydrogens is 366 g/mol. The summed E-state index contributed by atoms with van der Waals surface area (Å²) in [5.74, 6) is 1.35. The zero-order valence-corrected chi connectivity index (χ0v) is 17.1. The van der Waals surface area contributed by atoms with Crippen molar-refractivity contribution in [1.82, 2.24) is 19.7 Å². The van der Waals surface area contributed by atoms with Gasteiger partial charge in [0.15, 0.2) is 0 Å². The van der Waals surface area contributed by atoms with E-state index in [1.807, 2.05) is 37.3 Å². The molecule has 1 N–H and O–H groups in total. The summed E-state index contributed by atoms with van der Waals surface area (Å²) in [6, 6.07) is 11.1. The lowest BCUT2D eigenvalue weighted by atomic mass is 9.92. The maximum absolute atomic E-state index is 12.6. The fourth-order valence-corrected chi connectivity index (χ4v) is 2.63. The van der Waals surface area contributed by atoms with Crippen LogP contribution >= 0.6 is 0 Å². The molecule has 2 aromatic heterocycles. The number of hydrogen-bond acceptors (Lipinski definition) is 5. The van der Waals surface area contributed by atoms with Crippen LogP contribution in [0.4, 0.5) is 5.82 Å². The standard InChI is InChI=1S/C22H25N5O2/c1-5-29-17-10-7-6-9-16(17)11-12-20(28)25-19-15-18(22(2,3)4)26-27(19)21-23-13-8-14-24-21/h6-15H,5H2,1-4H3,(H,25,28)/b12-11+. The minimum absolute atomic E-state index is 0.189. The van der Waals surface area contributed by atoms with Crippen LogP contribution in [0.2, 0.25) is 0 Å². The lowest BCUT2D eigenvalue weighted by Crippen LogP contribution is -2.14. The number of carbonyl (C=O) groups excluding carboxylic acids is 1. The SMILES string of the molecule is CCOc1ccccc1/C=C/C(=O)Nc1cc(C(C)(C)C)nn1-c1ncccn1. The zero-order valence-electron chi connectivity index (χ0n) is 17.1. The van der Waals surface area contributed by atoms with E-state index in [9.17, 15) is 4.79 Å². The fourth-order valence-electron chi connectivity index (χ4n) is 2.63. The minimum Gasteiger partial charge on any atom is -0.493 e. The van der Waals surface area contributed by atoms with Crippen molar-refractivity contribution in [3.63, 3.8) is 0 Å². The zero-order chi connectivity index (χ0) is 20.9. The summed E-state index contributed by atoms with van der Waals surface area (Å²) in [5, 5.41) is 7.47. The third-order valence-electron chi connectivity index (χ3n) is 4.10. The van der Waals surface area contributed by atoms with Gasteiger partial charge in [-0.3, -0.25) is 4.79 Å². The Kier molecular flexibility index (Phi) is 6.07. The van der Waals surface area contributed by atoms with Crippen LogP contribution < -0.4 is 10.1 Å². The van der Waals surface area contributed by atoms with Crippen LogP contribution in [0.25, 0.3) is 12.0 Å². The second-order valence-corrected chi connectivity index (χ2v) is 7.42. The van der Waals surface area contributed by atoms with Crippen molar-refractivity contribution >= 4 is 17.8 Å². The molecule has 0 spiro atoms. The first-order valence-corrected chi connectivity index (χ1v) is 9.47. The molecule has 0 aliphatic rings. The maximum Gasteiger partial charge on any atom is 0.252 e. The van der Waals surface area contributed by atoms with Gasteiger partial charge in [0.1, 0.15) is 11.6 Å². The summed E-state index contributed by atoms with van der Waals surface area (Å²) in [6.07, 6.45) is 6.47. The van der Waals surface area contributed by atoms with Crippen molar-refractivity contribution in [3.05, 3.63) is 66.1 Å². The quantitative estimate of drug-likeness (QED) is 0.642. The fraction of sp³-hybridized carbons (Fsp3) is 0.273. The summed E-state index contributed by atoms with van der Waals surface area (Å²) in [5.41, 5.74) is 1.47. The predicted octanol–water partition coefficient (Wildman–Crippen LogP) is 4.01. The van der Waals surface area contributed by atoms with Crippen LogP contribution in [-0.2, 0) is 10.2 Å². The molecule has 7 nitrogen and oxygen atoms in total. The summed E-state index contributed by atoms with van der Waals surface area (Å²) < 4.78 is 7.13. The van der Waals surface area contributed by atoms with E-state index in [2.05, 4.69) is 41.2 Å². The number of carbonyl (C=O) groups is 1. The van der Waals surface area contributed by atoms with Gasteiger partial charge in [0.25, 0.3) is 5.95 Å². The van der Waals surface area contributed by atoms with E-state index >= 15 is 0 Å². The molecule has 0 unspecified atom stereocenters. The molecule has 0 aliphatic carbocycles. The number of para-hydroxylation sites is 1. The molecule has 0 aliphatic heterocycles. The highest BCUT2D eigenvalue weighted by molar-refractivity contribution is 6.01. The maximum atomic E-state index is 12.6. The second-order valence-electron chi connectivity index (χ2n) is 7.42. The van der Waals surface area contributed by atoms with Crippen molar-refractivity contribution in [2.75, 3.05) is 11.9 Å². The summed E-state index contributed by atoms with van der Waals surface area (Å²) >= 11 is 0. The van der Waals surface area contributed by atoms with Gasteiger partial charge in [0.05, 0.1) is 12.3 Å². The van der Waals surface area contributed by atoms with E-state index in [-0.39, 0.29) is 11.3 Å². The first-order valence-electron chi connectivity index (χ1n) is 9.47. The molecule has 150 valence electrons. The predicted molar refractivity (Wildman–Crippen MR) is 113 cm³/mol. The molecule has 0 saturated heterocycles. The number of benzene rings is 1. The van der Waals surface area contributed by atoms with Gasteiger partial charge >= 0.3 is 0 Å². The van der Waals surface area contributed by atoms with Crippen LogP contribution in [-0.4, -0.2) is 32.3 Å². The average molecular weight is 391 g/mol. The normalized spacial score (nSPS) is 11.6. The summed E-state index contributed by atoms with van der Waals surface area (Å²) in [4.78, 5) is 21.1. The molecule has 2 heterocycles. The molecule has 0 atom stereocenters. The number of hydrogen-bond donors (Lipinski definition) is 1. The van der Waals surface area contributed by atoms with E-state index in [0.29, 0.717) is 18.4 Å². The highest BCUT2D eigenvalue weighted by atomic mass is 16.5. The van der Waals surface area contributed by atoms with Crippen molar-refractivity contribution < 1.29 is 9.53 Å². The van der Waals surface area contributed by atoms with Crippen molar-refractivity contribution in [2.45, 2.75) is 33.1 Å². The van der Waals surface area contributed by atoms with E-state index in [4.69, 9.17) is 4.74 Å². The van der Waals surface area contributed by atoms with Crippen LogP contribution in [0.3, 0.4) is 0 Å². The van der Waals surface area contributed by atoms with Gasteiger partial charge in [0, 0.05) is 35.5 Å². The van der Waals surface area contributed by atoms with Gasteiger partial charge in [-0.25, -0.2) is 9.97 Å². The third kappa shape index (κ3) is 5.07. The number of amides is 1. The Morgan fingerprint density at radius 3 is 2.59 bits per heavy atom. The number of nitrogens with zero attached hydrogens (tertiary/aromatic N) is 4. The topological polar surface area (TPSA) is 81.9 Å². The Bertz CT molecular complexity index is 1000. The molecule has 7 heteroatoms. The molecule has 0 saturated carbocycles. The lowest BCUT2D eigenvalue weighted by Gasteiger charge is -2.13. The molecule has 0 bridgehead atoms. The number of rotatable bonds is 6. The number of aromatic nitrogens is 4. The van der Waals surface area contributed by atoms with Gasteiger partial charge < -0.3 is 10.1 Å². The highest BCUT2D eigenvalue weighted by Gasteiger charge is 2.22. The molecular formula is C22H25N5O2. The van der Waals surface area contributed by atoms with Gasteiger partial charge in [0.2, 0.25) is 5.91 Å². The first-order chi connectivity index (χ1) is 13.9. The van der Waals surface area contributed by atoms with Gasteiger partial charge in [-0.1, -0.05) is 39.0 Å². The highest BCUT2D eigenvalue weighted by Crippen LogP contribution is 2.25. The third-order valence-corrected chi connectivity index (χ3v) is 4.10. The van der Waals surface area contributed by atoms with Crippen LogP contribution in [0.1, 0.15) is 39.0 Å². The molecule has 3 aromatic rings. The van der Waals surface area contributed by atoms with Crippen molar-refractivity contribution in [1.29, 1.82) is 0 Å². The van der Waals surface area contributed by atoms with Gasteiger partial charge in [-0.05, 0) is 25.1 Å². The van der Waals surface area contributed by atoms with Gasteiger partial charge in [-0.2, -0.15) is 9.78 Å². The first kappa shape index (κ1) is 20.3. The summed E-state index contributed by atoms with van der Waals surface area (Å²) in [7, 11) is 0. The molecule has 29 heavy (non-hydrogen) atoms. The monoisotopic (exact) mass is 391 g/mol. The Balaban J connectivity index is 1.86. The smallest absolute Gasteiger partial charge is 0.252 e. The second kappa shape index (κ2) is 8.68. The molecule has 0 fully saturated rings. The van der Waals surface area contributed by atoms with E-state index in [0.717, 1.165) is 17.0 Å². The molecule has 1 aromatic carbocycles. The Hall–Kier alpha value is -3.48. The number of ether oxygens (including phenoxy) is 1. The van der Waals surface area contributed by atoms with Gasteiger partial charge in [-0.15, -0.1) is 0 Å². The Morgan fingerprint density at radius 2 is 1.90 bits per heavy atom.